The Morgan fingerprint density at radius 1 is 1.03 bits per heavy atom. The number of aryl methyl sites for hydroxylation is 1. The minimum atomic E-state index is -0.501. The van der Waals surface area contributed by atoms with Crippen molar-refractivity contribution >= 4 is 17.2 Å². The van der Waals surface area contributed by atoms with Crippen molar-refractivity contribution in [2.24, 2.45) is 14.1 Å². The first-order chi connectivity index (χ1) is 16.0. The molecule has 0 aliphatic carbocycles. The number of nitrogens with one attached hydrogen (secondary N) is 1. The van der Waals surface area contributed by atoms with Gasteiger partial charge in [0.05, 0.1) is 6.26 Å². The van der Waals surface area contributed by atoms with E-state index in [1.165, 1.54) is 35.7 Å². The predicted molar refractivity (Wildman–Crippen MR) is 123 cm³/mol. The lowest BCUT2D eigenvalue weighted by Gasteiger charge is -2.07. The summed E-state index contributed by atoms with van der Waals surface area (Å²) >= 11 is 0. The lowest BCUT2D eigenvalue weighted by atomic mass is 10.2. The number of benzene rings is 1. The first kappa shape index (κ1) is 20.3. The van der Waals surface area contributed by atoms with Crippen LogP contribution in [0.15, 0.2) is 79.7 Å². The third-order valence-electron chi connectivity index (χ3n) is 5.43. The van der Waals surface area contributed by atoms with Gasteiger partial charge in [-0.25, -0.2) is 4.79 Å². The number of hydrogen-bond acceptors (Lipinski definition) is 5. The molecule has 0 saturated heterocycles. The highest BCUT2D eigenvalue weighted by Crippen LogP contribution is 2.18. The summed E-state index contributed by atoms with van der Waals surface area (Å²) in [6.07, 6.45) is 5.29. The van der Waals surface area contributed by atoms with E-state index in [-0.39, 0.29) is 29.2 Å². The number of rotatable bonds is 5. The van der Waals surface area contributed by atoms with Gasteiger partial charge in [-0.05, 0) is 17.7 Å². The number of fused-ring (bicyclic) bond motifs is 1. The van der Waals surface area contributed by atoms with E-state index >= 15 is 0 Å². The van der Waals surface area contributed by atoms with Crippen LogP contribution in [0.2, 0.25) is 0 Å². The summed E-state index contributed by atoms with van der Waals surface area (Å²) in [5, 5.41) is 2.98. The first-order valence-corrected chi connectivity index (χ1v) is 10.2. The van der Waals surface area contributed by atoms with E-state index in [1.54, 1.807) is 16.7 Å². The van der Waals surface area contributed by atoms with Crippen LogP contribution in [0.1, 0.15) is 5.56 Å². The monoisotopic (exact) mass is 444 g/mol. The molecule has 4 heterocycles. The molecule has 5 aromatic rings. The summed E-state index contributed by atoms with van der Waals surface area (Å²) in [6, 6.07) is 14.5. The molecule has 0 atom stereocenters. The highest BCUT2D eigenvalue weighted by atomic mass is 16.3. The molecular formula is C23H20N6O4. The van der Waals surface area contributed by atoms with E-state index in [2.05, 4.69) is 10.1 Å². The van der Waals surface area contributed by atoms with Crippen LogP contribution in [0.4, 0.5) is 0 Å². The number of furan rings is 1. The van der Waals surface area contributed by atoms with Crippen LogP contribution in [-0.2, 0) is 20.6 Å². The lowest BCUT2D eigenvalue weighted by molar-refractivity contribution is 0.578. The molecule has 0 radical (unpaired) electrons. The predicted octanol–water partition coefficient (Wildman–Crippen LogP) is 1.89. The Bertz CT molecular complexity index is 1660. The zero-order valence-corrected chi connectivity index (χ0v) is 17.9. The van der Waals surface area contributed by atoms with Crippen LogP contribution in [-0.4, -0.2) is 28.5 Å². The number of nitrogens with zero attached hydrogens (tertiary/aromatic N) is 5. The van der Waals surface area contributed by atoms with Crippen LogP contribution < -0.4 is 16.8 Å². The molecule has 5 rings (SSSR count). The number of H-pyrrole nitrogens is 1. The Kier molecular flexibility index (Phi) is 4.82. The Morgan fingerprint density at radius 3 is 2.55 bits per heavy atom. The molecule has 33 heavy (non-hydrogen) atoms. The summed E-state index contributed by atoms with van der Waals surface area (Å²) in [5.41, 5.74) is 0.475. The van der Waals surface area contributed by atoms with Gasteiger partial charge < -0.3 is 4.42 Å². The van der Waals surface area contributed by atoms with Gasteiger partial charge in [-0.1, -0.05) is 42.5 Å². The third kappa shape index (κ3) is 3.37. The van der Waals surface area contributed by atoms with Gasteiger partial charge in [0.25, 0.3) is 11.1 Å². The molecule has 0 unspecified atom stereocenters. The van der Waals surface area contributed by atoms with E-state index in [0.29, 0.717) is 11.5 Å². The van der Waals surface area contributed by atoms with E-state index < -0.39 is 11.2 Å². The molecule has 1 aromatic carbocycles. The zero-order valence-electron chi connectivity index (χ0n) is 17.9. The molecule has 0 aliphatic heterocycles. The molecule has 0 saturated carbocycles. The molecular weight excluding hydrogens is 424 g/mol. The maximum atomic E-state index is 13.0. The van der Waals surface area contributed by atoms with E-state index in [4.69, 9.17) is 4.42 Å². The lowest BCUT2D eigenvalue weighted by Crippen LogP contribution is -2.37. The summed E-state index contributed by atoms with van der Waals surface area (Å²) in [4.78, 5) is 42.8. The van der Waals surface area contributed by atoms with Crippen molar-refractivity contribution in [3.05, 3.63) is 97.6 Å². The Hall–Kier alpha value is -4.60. The van der Waals surface area contributed by atoms with Crippen LogP contribution in [0.5, 0.6) is 0 Å². The average Bonchev–Trinajstić information content (AvgIpc) is 3.56. The topological polar surface area (TPSA) is 113 Å². The number of imidazole rings is 1. The zero-order chi connectivity index (χ0) is 23.1. The minimum absolute atomic E-state index is 0.184. The standard InChI is InChI=1S/C23H20N6O4/c1-26-20-19(21(31)27(2)23(26)32)28(12-6-10-15-8-4-3-5-9-15)22(24-20)29-18(30)14-16(25-29)17-11-7-13-33-17/h3-11,13-14,25H,12H2,1-2H3. The van der Waals surface area contributed by atoms with Crippen LogP contribution in [0, 0.1) is 0 Å². The van der Waals surface area contributed by atoms with Gasteiger partial charge in [-0.2, -0.15) is 9.67 Å². The third-order valence-corrected chi connectivity index (χ3v) is 5.43. The van der Waals surface area contributed by atoms with Crippen molar-refractivity contribution < 1.29 is 4.42 Å². The molecule has 0 spiro atoms. The molecule has 0 fully saturated rings. The van der Waals surface area contributed by atoms with Crippen LogP contribution in [0.25, 0.3) is 34.6 Å². The van der Waals surface area contributed by atoms with E-state index in [0.717, 1.165) is 10.1 Å². The van der Waals surface area contributed by atoms with Crippen molar-refractivity contribution in [1.29, 1.82) is 0 Å². The quantitative estimate of drug-likeness (QED) is 0.445. The second-order valence-electron chi connectivity index (χ2n) is 7.53. The minimum Gasteiger partial charge on any atom is -0.463 e. The molecule has 0 amide bonds. The second kappa shape index (κ2) is 7.83. The Morgan fingerprint density at radius 2 is 1.82 bits per heavy atom. The number of allylic oxidation sites excluding steroid dienone is 1. The SMILES string of the molecule is Cn1c(=O)c2c(nc(-n3[nH]c(-c4ccco4)cc3=O)n2CC=Cc2ccccc2)n(C)c1=O. The van der Waals surface area contributed by atoms with Gasteiger partial charge in [0.1, 0.15) is 5.69 Å². The molecule has 0 aliphatic rings. The maximum absolute atomic E-state index is 13.0. The Balaban J connectivity index is 1.72. The smallest absolute Gasteiger partial charge is 0.332 e. The van der Waals surface area contributed by atoms with Crippen molar-refractivity contribution in [1.82, 2.24) is 28.5 Å². The van der Waals surface area contributed by atoms with Crippen molar-refractivity contribution in [3.63, 3.8) is 0 Å². The van der Waals surface area contributed by atoms with Gasteiger partial charge >= 0.3 is 5.69 Å². The largest absolute Gasteiger partial charge is 0.463 e. The van der Waals surface area contributed by atoms with Crippen molar-refractivity contribution in [3.8, 4) is 17.4 Å². The fourth-order valence-corrected chi connectivity index (χ4v) is 3.74. The molecule has 0 bridgehead atoms. The average molecular weight is 444 g/mol. The van der Waals surface area contributed by atoms with E-state index in [9.17, 15) is 14.4 Å². The molecule has 10 heteroatoms. The first-order valence-electron chi connectivity index (χ1n) is 10.2. The maximum Gasteiger partial charge on any atom is 0.332 e. The van der Waals surface area contributed by atoms with Crippen molar-refractivity contribution in [2.45, 2.75) is 6.54 Å². The van der Waals surface area contributed by atoms with Gasteiger partial charge in [0.15, 0.2) is 16.9 Å². The van der Waals surface area contributed by atoms with Crippen LogP contribution in [0.3, 0.4) is 0 Å². The second-order valence-corrected chi connectivity index (χ2v) is 7.53. The number of aromatic amines is 1. The Labute approximate surface area is 186 Å². The summed E-state index contributed by atoms with van der Waals surface area (Å²) in [7, 11) is 2.95. The highest BCUT2D eigenvalue weighted by molar-refractivity contribution is 5.73. The fourth-order valence-electron chi connectivity index (χ4n) is 3.74. The summed E-state index contributed by atoms with van der Waals surface area (Å²) in [6.45, 7) is 0.246. The number of aromatic nitrogens is 6. The van der Waals surface area contributed by atoms with Gasteiger partial charge in [-0.3, -0.25) is 28.4 Å². The summed E-state index contributed by atoms with van der Waals surface area (Å²) < 4.78 is 10.5. The van der Waals surface area contributed by atoms with Gasteiger partial charge in [-0.15, -0.1) is 0 Å². The molecule has 166 valence electrons. The number of hydrogen-bond donors (Lipinski definition) is 1. The molecule has 4 aromatic heterocycles. The molecule has 1 N–H and O–H groups in total. The van der Waals surface area contributed by atoms with E-state index in [1.807, 2.05) is 42.5 Å². The van der Waals surface area contributed by atoms with Gasteiger partial charge in [0.2, 0.25) is 5.95 Å². The van der Waals surface area contributed by atoms with Gasteiger partial charge in [0, 0.05) is 26.7 Å². The fraction of sp³-hybridized carbons (Fsp3) is 0.130. The van der Waals surface area contributed by atoms with Crippen molar-refractivity contribution in [2.75, 3.05) is 0 Å². The highest BCUT2D eigenvalue weighted by Gasteiger charge is 2.21. The normalized spacial score (nSPS) is 11.7. The molecule has 10 nitrogen and oxygen atoms in total. The summed E-state index contributed by atoms with van der Waals surface area (Å²) in [5.74, 6) is 0.671. The van der Waals surface area contributed by atoms with Crippen LogP contribution >= 0.6 is 0 Å².